The molecule has 5 heteroatoms. The van der Waals surface area contributed by atoms with Crippen LogP contribution in [-0.4, -0.2) is 37.2 Å². The SMILES string of the molecule is C=CCOC/C=C/C(C)(OO)C(=O)OC. The first kappa shape index (κ1) is 13.8. The second kappa shape index (κ2) is 7.17. The summed E-state index contributed by atoms with van der Waals surface area (Å²) in [5.74, 6) is -0.690. The van der Waals surface area contributed by atoms with Crippen molar-refractivity contribution in [3.63, 3.8) is 0 Å². The Morgan fingerprint density at radius 1 is 1.53 bits per heavy atom. The molecule has 15 heavy (non-hydrogen) atoms. The van der Waals surface area contributed by atoms with Gasteiger partial charge in [0.15, 0.2) is 0 Å². The first-order chi connectivity index (χ1) is 7.10. The van der Waals surface area contributed by atoms with E-state index in [0.717, 1.165) is 0 Å². The highest BCUT2D eigenvalue weighted by Crippen LogP contribution is 2.12. The predicted octanol–water partition coefficient (Wildman–Crippen LogP) is 1.17. The average molecular weight is 216 g/mol. The predicted molar refractivity (Wildman–Crippen MR) is 54.3 cm³/mol. The molecule has 0 aromatic carbocycles. The van der Waals surface area contributed by atoms with Crippen LogP contribution in [0.5, 0.6) is 0 Å². The van der Waals surface area contributed by atoms with Gasteiger partial charge in [0, 0.05) is 0 Å². The third kappa shape index (κ3) is 4.73. The fourth-order valence-electron chi connectivity index (χ4n) is 0.831. The Balaban J connectivity index is 4.18. The van der Waals surface area contributed by atoms with E-state index in [1.165, 1.54) is 20.1 Å². The second-order valence-electron chi connectivity index (χ2n) is 2.92. The summed E-state index contributed by atoms with van der Waals surface area (Å²) in [6.45, 7) is 5.56. The van der Waals surface area contributed by atoms with E-state index in [-0.39, 0.29) is 0 Å². The minimum atomic E-state index is -1.49. The van der Waals surface area contributed by atoms with Crippen LogP contribution in [0.4, 0.5) is 0 Å². The molecule has 0 bridgehead atoms. The van der Waals surface area contributed by atoms with Gasteiger partial charge < -0.3 is 9.47 Å². The number of ether oxygens (including phenoxy) is 2. The molecule has 0 rings (SSSR count). The van der Waals surface area contributed by atoms with Crippen molar-refractivity contribution in [3.8, 4) is 0 Å². The van der Waals surface area contributed by atoms with E-state index in [1.54, 1.807) is 12.2 Å². The highest BCUT2D eigenvalue weighted by molar-refractivity contribution is 5.81. The standard InChI is InChI=1S/C10H16O5/c1-4-7-14-8-5-6-10(2,15-12)9(11)13-3/h4-6,12H,1,7-8H2,2-3H3/b6-5+. The molecule has 0 spiro atoms. The summed E-state index contributed by atoms with van der Waals surface area (Å²) in [5, 5.41) is 8.58. The highest BCUT2D eigenvalue weighted by atomic mass is 17.1. The van der Waals surface area contributed by atoms with Gasteiger partial charge in [-0.1, -0.05) is 12.2 Å². The van der Waals surface area contributed by atoms with Crippen LogP contribution in [0.1, 0.15) is 6.92 Å². The number of hydrogen-bond acceptors (Lipinski definition) is 5. The number of carbonyl (C=O) groups is 1. The Kier molecular flexibility index (Phi) is 6.61. The highest BCUT2D eigenvalue weighted by Gasteiger charge is 2.33. The molecule has 0 radical (unpaired) electrons. The second-order valence-corrected chi connectivity index (χ2v) is 2.92. The normalized spacial score (nSPS) is 14.9. The molecule has 0 amide bonds. The van der Waals surface area contributed by atoms with E-state index >= 15 is 0 Å². The monoisotopic (exact) mass is 216 g/mol. The van der Waals surface area contributed by atoms with Gasteiger partial charge in [-0.25, -0.2) is 9.68 Å². The lowest BCUT2D eigenvalue weighted by molar-refractivity contribution is -0.298. The van der Waals surface area contributed by atoms with Crippen LogP contribution >= 0.6 is 0 Å². The average Bonchev–Trinajstić information content (AvgIpc) is 2.27. The van der Waals surface area contributed by atoms with Crippen molar-refractivity contribution in [2.45, 2.75) is 12.5 Å². The van der Waals surface area contributed by atoms with E-state index < -0.39 is 11.6 Å². The molecule has 0 saturated heterocycles. The van der Waals surface area contributed by atoms with Gasteiger partial charge in [0.05, 0.1) is 20.3 Å². The zero-order valence-electron chi connectivity index (χ0n) is 8.93. The lowest BCUT2D eigenvalue weighted by Crippen LogP contribution is -2.36. The molecule has 0 saturated carbocycles. The van der Waals surface area contributed by atoms with Crippen LogP contribution < -0.4 is 0 Å². The van der Waals surface area contributed by atoms with Crippen LogP contribution in [0.2, 0.25) is 0 Å². The quantitative estimate of drug-likeness (QED) is 0.227. The molecule has 1 atom stereocenters. The van der Waals surface area contributed by atoms with E-state index in [4.69, 9.17) is 9.99 Å². The van der Waals surface area contributed by atoms with Crippen molar-refractivity contribution in [1.82, 2.24) is 0 Å². The summed E-state index contributed by atoms with van der Waals surface area (Å²) in [6, 6.07) is 0. The number of methoxy groups -OCH3 is 1. The lowest BCUT2D eigenvalue weighted by Gasteiger charge is -2.18. The lowest BCUT2D eigenvalue weighted by atomic mass is 10.1. The minimum absolute atomic E-state index is 0.294. The van der Waals surface area contributed by atoms with Gasteiger partial charge in [-0.2, -0.15) is 0 Å². The van der Waals surface area contributed by atoms with Gasteiger partial charge in [0.25, 0.3) is 0 Å². The van der Waals surface area contributed by atoms with Crippen LogP contribution in [0, 0.1) is 0 Å². The Morgan fingerprint density at radius 3 is 2.67 bits per heavy atom. The summed E-state index contributed by atoms with van der Waals surface area (Å²) < 4.78 is 9.49. The van der Waals surface area contributed by atoms with E-state index in [1.807, 2.05) is 0 Å². The maximum atomic E-state index is 11.2. The molecule has 86 valence electrons. The Morgan fingerprint density at radius 2 is 2.20 bits per heavy atom. The van der Waals surface area contributed by atoms with Crippen molar-refractivity contribution in [1.29, 1.82) is 0 Å². The Hall–Kier alpha value is -1.17. The third-order valence-electron chi connectivity index (χ3n) is 1.67. The van der Waals surface area contributed by atoms with Crippen molar-refractivity contribution < 1.29 is 24.4 Å². The minimum Gasteiger partial charge on any atom is -0.467 e. The molecule has 5 nitrogen and oxygen atoms in total. The smallest absolute Gasteiger partial charge is 0.345 e. The molecule has 1 unspecified atom stereocenters. The van der Waals surface area contributed by atoms with Crippen molar-refractivity contribution in [2.75, 3.05) is 20.3 Å². The summed E-state index contributed by atoms with van der Waals surface area (Å²) in [7, 11) is 1.21. The van der Waals surface area contributed by atoms with Gasteiger partial charge in [0.1, 0.15) is 0 Å². The molecular formula is C10H16O5. The molecular weight excluding hydrogens is 200 g/mol. The molecule has 0 aliphatic heterocycles. The Bertz CT molecular complexity index is 236. The maximum absolute atomic E-state index is 11.2. The summed E-state index contributed by atoms with van der Waals surface area (Å²) in [5.41, 5.74) is -1.49. The summed E-state index contributed by atoms with van der Waals surface area (Å²) in [4.78, 5) is 15.2. The summed E-state index contributed by atoms with van der Waals surface area (Å²) in [6.07, 6.45) is 4.52. The van der Waals surface area contributed by atoms with Crippen LogP contribution in [0.25, 0.3) is 0 Å². The van der Waals surface area contributed by atoms with Crippen molar-refractivity contribution >= 4 is 5.97 Å². The van der Waals surface area contributed by atoms with E-state index in [0.29, 0.717) is 13.2 Å². The fraction of sp³-hybridized carbons (Fsp3) is 0.500. The molecule has 0 aromatic heterocycles. The van der Waals surface area contributed by atoms with Gasteiger partial charge in [-0.05, 0) is 13.0 Å². The topological polar surface area (TPSA) is 65.0 Å². The molecule has 0 fully saturated rings. The van der Waals surface area contributed by atoms with E-state index in [9.17, 15) is 4.79 Å². The van der Waals surface area contributed by atoms with Gasteiger partial charge >= 0.3 is 5.97 Å². The molecule has 1 N–H and O–H groups in total. The van der Waals surface area contributed by atoms with Crippen molar-refractivity contribution in [3.05, 3.63) is 24.8 Å². The Labute approximate surface area is 88.9 Å². The van der Waals surface area contributed by atoms with Crippen LogP contribution in [-0.2, 0) is 19.2 Å². The maximum Gasteiger partial charge on any atom is 0.345 e. The van der Waals surface area contributed by atoms with Gasteiger partial charge in [-0.15, -0.1) is 6.58 Å². The van der Waals surface area contributed by atoms with E-state index in [2.05, 4.69) is 16.2 Å². The number of hydrogen-bond donors (Lipinski definition) is 1. The zero-order chi connectivity index (χ0) is 11.7. The van der Waals surface area contributed by atoms with Gasteiger partial charge in [-0.3, -0.25) is 5.26 Å². The zero-order valence-corrected chi connectivity index (χ0v) is 8.93. The number of esters is 1. The molecule has 0 heterocycles. The van der Waals surface area contributed by atoms with Crippen molar-refractivity contribution in [2.24, 2.45) is 0 Å². The third-order valence-corrected chi connectivity index (χ3v) is 1.67. The van der Waals surface area contributed by atoms with Crippen LogP contribution in [0.3, 0.4) is 0 Å². The fourth-order valence-corrected chi connectivity index (χ4v) is 0.831. The van der Waals surface area contributed by atoms with Crippen LogP contribution in [0.15, 0.2) is 24.8 Å². The van der Waals surface area contributed by atoms with Gasteiger partial charge in [0.2, 0.25) is 5.60 Å². The largest absolute Gasteiger partial charge is 0.467 e. The molecule has 0 aliphatic rings. The molecule has 0 aromatic rings. The summed E-state index contributed by atoms with van der Waals surface area (Å²) >= 11 is 0. The first-order valence-electron chi connectivity index (χ1n) is 4.38. The first-order valence-corrected chi connectivity index (χ1v) is 4.38. The number of rotatable bonds is 7. The molecule has 0 aliphatic carbocycles. The number of carbonyl (C=O) groups excluding carboxylic acids is 1.